The molecule has 0 heterocycles. The fourth-order valence-corrected chi connectivity index (χ4v) is 1.66. The smallest absolute Gasteiger partial charge is 0.0701 e. The molecule has 0 rings (SSSR count). The molecule has 4 nitrogen and oxygen atoms in total. The van der Waals surface area contributed by atoms with E-state index in [-0.39, 0.29) is 0 Å². The van der Waals surface area contributed by atoms with Crippen molar-refractivity contribution in [3.63, 3.8) is 0 Å². The predicted molar refractivity (Wildman–Crippen MR) is 82.9 cm³/mol. The summed E-state index contributed by atoms with van der Waals surface area (Å²) in [4.78, 5) is 0. The van der Waals surface area contributed by atoms with Gasteiger partial charge in [-0.25, -0.2) is 0 Å². The molecule has 0 atom stereocenters. The number of nitrogens with one attached hydrogen (secondary N) is 2. The highest BCUT2D eigenvalue weighted by molar-refractivity contribution is 8.13. The van der Waals surface area contributed by atoms with Gasteiger partial charge in [-0.2, -0.15) is 10.5 Å². The van der Waals surface area contributed by atoms with Gasteiger partial charge in [0.1, 0.15) is 0 Å². The molecular formula is C13H30N2O2S. The van der Waals surface area contributed by atoms with Crippen LogP contribution >= 0.6 is 10.5 Å². The van der Waals surface area contributed by atoms with Crippen LogP contribution in [0.1, 0.15) is 13.8 Å². The van der Waals surface area contributed by atoms with Gasteiger partial charge in [0.25, 0.3) is 0 Å². The first-order chi connectivity index (χ1) is 8.63. The second-order valence-corrected chi connectivity index (χ2v) is 6.77. The van der Waals surface area contributed by atoms with E-state index in [9.17, 15) is 0 Å². The number of hydrogen-bond donors (Lipinski definition) is 2. The van der Waals surface area contributed by atoms with Crippen LogP contribution in [0.25, 0.3) is 0 Å². The van der Waals surface area contributed by atoms with Gasteiger partial charge < -0.3 is 14.8 Å². The largest absolute Gasteiger partial charge is 0.378 e. The monoisotopic (exact) mass is 278 g/mol. The number of rotatable bonds is 12. The topological polar surface area (TPSA) is 42.5 Å². The van der Waals surface area contributed by atoms with E-state index in [1.165, 1.54) is 0 Å². The molecule has 5 heteroatoms. The molecule has 0 spiro atoms. The molecule has 0 amide bonds. The van der Waals surface area contributed by atoms with E-state index in [0.29, 0.717) is 29.6 Å². The molecule has 0 aromatic rings. The van der Waals surface area contributed by atoms with Crippen molar-refractivity contribution >= 4 is 16.0 Å². The summed E-state index contributed by atoms with van der Waals surface area (Å²) in [5, 5.41) is 6.56. The number of hydrogen-bond acceptors (Lipinski definition) is 3. The van der Waals surface area contributed by atoms with E-state index in [4.69, 9.17) is 9.47 Å². The SMILES string of the molecule is CC(C)CNCCOCCOCCNC=S(C)C. The molecule has 0 unspecified atom stereocenters. The van der Waals surface area contributed by atoms with Crippen molar-refractivity contribution in [3.05, 3.63) is 0 Å². The third-order valence-electron chi connectivity index (χ3n) is 2.06. The summed E-state index contributed by atoms with van der Waals surface area (Å²) in [5.74, 6) is 0.698. The van der Waals surface area contributed by atoms with Crippen LogP contribution in [0.4, 0.5) is 0 Å². The average Bonchev–Trinajstić information content (AvgIpc) is 2.29. The van der Waals surface area contributed by atoms with E-state index in [1.54, 1.807) is 0 Å². The zero-order valence-electron chi connectivity index (χ0n) is 12.3. The van der Waals surface area contributed by atoms with Crippen molar-refractivity contribution in [2.24, 2.45) is 5.92 Å². The Labute approximate surface area is 115 Å². The molecule has 0 saturated heterocycles. The summed E-state index contributed by atoms with van der Waals surface area (Å²) < 4.78 is 10.9. The number of ether oxygens (including phenoxy) is 2. The van der Waals surface area contributed by atoms with E-state index in [2.05, 4.69) is 42.5 Å². The second kappa shape index (κ2) is 13.5. The Morgan fingerprint density at radius 1 is 1.00 bits per heavy atom. The minimum atomic E-state index is 0.344. The highest BCUT2D eigenvalue weighted by Gasteiger charge is 1.93. The molecule has 0 aromatic heterocycles. The van der Waals surface area contributed by atoms with Crippen LogP contribution in [0.5, 0.6) is 0 Å². The highest BCUT2D eigenvalue weighted by Crippen LogP contribution is 1.91. The van der Waals surface area contributed by atoms with Gasteiger partial charge in [0.15, 0.2) is 0 Å². The molecule has 0 radical (unpaired) electrons. The van der Waals surface area contributed by atoms with E-state index >= 15 is 0 Å². The van der Waals surface area contributed by atoms with Crippen LogP contribution in [0, 0.1) is 5.92 Å². The van der Waals surface area contributed by atoms with Gasteiger partial charge >= 0.3 is 0 Å². The summed E-state index contributed by atoms with van der Waals surface area (Å²) in [6.45, 7) is 10.1. The van der Waals surface area contributed by atoms with Crippen LogP contribution in [0.3, 0.4) is 0 Å². The molecule has 0 aliphatic heterocycles. The zero-order chi connectivity index (χ0) is 13.6. The second-order valence-electron chi connectivity index (χ2n) is 4.77. The molecule has 0 bridgehead atoms. The Morgan fingerprint density at radius 3 is 2.17 bits per heavy atom. The van der Waals surface area contributed by atoms with Crippen molar-refractivity contribution in [2.75, 3.05) is 58.6 Å². The maximum atomic E-state index is 5.45. The molecule has 0 fully saturated rings. The molecule has 0 aromatic carbocycles. The lowest BCUT2D eigenvalue weighted by Crippen LogP contribution is -2.24. The fraction of sp³-hybridized carbons (Fsp3) is 0.923. The summed E-state index contributed by atoms with van der Waals surface area (Å²) in [6, 6.07) is 0. The molecule has 2 N–H and O–H groups in total. The van der Waals surface area contributed by atoms with Crippen molar-refractivity contribution in [2.45, 2.75) is 13.8 Å². The lowest BCUT2D eigenvalue weighted by atomic mass is 10.2. The van der Waals surface area contributed by atoms with Crippen LogP contribution < -0.4 is 10.6 Å². The van der Waals surface area contributed by atoms with Gasteiger partial charge in [-0.3, -0.25) is 5.32 Å². The Balaban J connectivity index is 3.01. The normalized spacial score (nSPS) is 11.4. The Morgan fingerprint density at radius 2 is 1.61 bits per heavy atom. The van der Waals surface area contributed by atoms with E-state index in [0.717, 1.165) is 32.8 Å². The van der Waals surface area contributed by atoms with Crippen LogP contribution in [0.15, 0.2) is 0 Å². The Hall–Kier alpha value is 0.0600. The van der Waals surface area contributed by atoms with Crippen molar-refractivity contribution in [1.82, 2.24) is 10.6 Å². The van der Waals surface area contributed by atoms with Gasteiger partial charge in [0.2, 0.25) is 0 Å². The molecular weight excluding hydrogens is 248 g/mol. The standard InChI is InChI=1S/C13H30N2O2S/c1-13(2)11-14-5-7-16-9-10-17-8-6-15-12-18(3)4/h12-15H,5-11H2,1-4H3. The van der Waals surface area contributed by atoms with Gasteiger partial charge in [-0.1, -0.05) is 13.8 Å². The minimum Gasteiger partial charge on any atom is -0.378 e. The van der Waals surface area contributed by atoms with Gasteiger partial charge in [0.05, 0.1) is 26.4 Å². The van der Waals surface area contributed by atoms with Gasteiger partial charge in [-0.05, 0) is 25.0 Å². The molecule has 0 aliphatic carbocycles. The molecule has 0 aliphatic rings. The van der Waals surface area contributed by atoms with Crippen molar-refractivity contribution < 1.29 is 9.47 Å². The predicted octanol–water partition coefficient (Wildman–Crippen LogP) is 1.14. The quantitative estimate of drug-likeness (QED) is 0.415. The highest BCUT2D eigenvalue weighted by atomic mass is 32.2. The molecule has 18 heavy (non-hydrogen) atoms. The third-order valence-corrected chi connectivity index (χ3v) is 2.70. The third kappa shape index (κ3) is 16.1. The first kappa shape index (κ1) is 18.1. The first-order valence-corrected chi connectivity index (χ1v) is 8.72. The van der Waals surface area contributed by atoms with Gasteiger partial charge in [-0.15, -0.1) is 0 Å². The minimum absolute atomic E-state index is 0.344. The zero-order valence-corrected chi connectivity index (χ0v) is 13.1. The van der Waals surface area contributed by atoms with Crippen LogP contribution in [0.2, 0.25) is 0 Å². The molecule has 0 saturated carbocycles. The van der Waals surface area contributed by atoms with E-state index in [1.807, 2.05) is 0 Å². The van der Waals surface area contributed by atoms with Crippen molar-refractivity contribution in [3.8, 4) is 0 Å². The lowest BCUT2D eigenvalue weighted by molar-refractivity contribution is 0.0509. The first-order valence-electron chi connectivity index (χ1n) is 6.62. The lowest BCUT2D eigenvalue weighted by Gasteiger charge is -2.08. The summed E-state index contributed by atoms with van der Waals surface area (Å²) >= 11 is 0. The summed E-state index contributed by atoms with van der Waals surface area (Å²) in [5.41, 5.74) is 2.11. The maximum Gasteiger partial charge on any atom is 0.0701 e. The van der Waals surface area contributed by atoms with E-state index < -0.39 is 0 Å². The Kier molecular flexibility index (Phi) is 13.5. The van der Waals surface area contributed by atoms with Crippen LogP contribution in [-0.2, 0) is 9.47 Å². The summed E-state index contributed by atoms with van der Waals surface area (Å²) in [6.07, 6.45) is 4.35. The molecule has 110 valence electrons. The Bertz CT molecular complexity index is 207. The maximum absolute atomic E-state index is 5.45. The van der Waals surface area contributed by atoms with Crippen molar-refractivity contribution in [1.29, 1.82) is 0 Å². The van der Waals surface area contributed by atoms with Crippen LogP contribution in [-0.4, -0.2) is 64.1 Å². The van der Waals surface area contributed by atoms with Gasteiger partial charge in [0, 0.05) is 18.6 Å². The summed E-state index contributed by atoms with van der Waals surface area (Å²) in [7, 11) is 0.344. The fourth-order valence-electron chi connectivity index (χ4n) is 1.21. The average molecular weight is 278 g/mol.